The van der Waals surface area contributed by atoms with Crippen LogP contribution in [-0.4, -0.2) is 36.7 Å². The van der Waals surface area contributed by atoms with Gasteiger partial charge in [0.25, 0.3) is 0 Å². The van der Waals surface area contributed by atoms with Crippen molar-refractivity contribution < 1.29 is 9.90 Å². The molecule has 0 aliphatic heterocycles. The van der Waals surface area contributed by atoms with E-state index in [2.05, 4.69) is 5.32 Å². The van der Waals surface area contributed by atoms with Crippen LogP contribution in [-0.2, 0) is 5.60 Å². The van der Waals surface area contributed by atoms with Gasteiger partial charge in [0.05, 0.1) is 0 Å². The summed E-state index contributed by atoms with van der Waals surface area (Å²) in [5.74, 6) is -0.373. The van der Waals surface area contributed by atoms with Crippen LogP contribution in [0.15, 0.2) is 91.0 Å². The molecule has 144 valence electrons. The maximum Gasteiger partial charge on any atom is 0.316 e. The van der Waals surface area contributed by atoms with Gasteiger partial charge in [-0.1, -0.05) is 91.0 Å². The Morgan fingerprint density at radius 3 is 1.71 bits per heavy atom. The van der Waals surface area contributed by atoms with Crippen molar-refractivity contribution in [3.05, 3.63) is 108 Å². The Morgan fingerprint density at radius 2 is 1.29 bits per heavy atom. The molecule has 0 aliphatic rings. The second-order valence-electron chi connectivity index (χ2n) is 7.04. The SMILES string of the molecule is CN(C)C(=O)NCC(c1ccccc1)C(O)(c1ccccc1)c1ccccc1. The Kier molecular flexibility index (Phi) is 6.12. The van der Waals surface area contributed by atoms with Crippen LogP contribution in [0.25, 0.3) is 0 Å². The summed E-state index contributed by atoms with van der Waals surface area (Å²) in [7, 11) is 3.40. The molecule has 0 heterocycles. The van der Waals surface area contributed by atoms with Crippen molar-refractivity contribution >= 4 is 6.03 Å². The van der Waals surface area contributed by atoms with Gasteiger partial charge in [0.2, 0.25) is 0 Å². The second-order valence-corrected chi connectivity index (χ2v) is 7.04. The van der Waals surface area contributed by atoms with E-state index in [-0.39, 0.29) is 11.9 Å². The van der Waals surface area contributed by atoms with E-state index in [1.807, 2.05) is 91.0 Å². The molecule has 0 saturated heterocycles. The molecular formula is C24H26N2O2. The van der Waals surface area contributed by atoms with Crippen LogP contribution in [0.3, 0.4) is 0 Å². The number of rotatable bonds is 6. The fourth-order valence-corrected chi connectivity index (χ4v) is 3.49. The van der Waals surface area contributed by atoms with Crippen molar-refractivity contribution in [3.8, 4) is 0 Å². The minimum Gasteiger partial charge on any atom is -0.380 e. The van der Waals surface area contributed by atoms with Gasteiger partial charge in [-0.15, -0.1) is 0 Å². The largest absolute Gasteiger partial charge is 0.380 e. The highest BCUT2D eigenvalue weighted by molar-refractivity contribution is 5.73. The van der Waals surface area contributed by atoms with Crippen LogP contribution >= 0.6 is 0 Å². The fraction of sp³-hybridized carbons (Fsp3) is 0.208. The lowest BCUT2D eigenvalue weighted by atomic mass is 9.73. The highest BCUT2D eigenvalue weighted by atomic mass is 16.3. The molecule has 0 saturated carbocycles. The molecule has 0 fully saturated rings. The van der Waals surface area contributed by atoms with Crippen LogP contribution in [0.1, 0.15) is 22.6 Å². The Morgan fingerprint density at radius 1 is 0.857 bits per heavy atom. The van der Waals surface area contributed by atoms with Crippen LogP contribution < -0.4 is 5.32 Å². The van der Waals surface area contributed by atoms with Gasteiger partial charge in [-0.3, -0.25) is 0 Å². The molecule has 1 unspecified atom stereocenters. The molecule has 0 radical (unpaired) electrons. The van der Waals surface area contributed by atoms with E-state index < -0.39 is 5.60 Å². The number of carbonyl (C=O) groups excluding carboxylic acids is 1. The first kappa shape index (κ1) is 19.6. The number of amides is 2. The average molecular weight is 374 g/mol. The lowest BCUT2D eigenvalue weighted by Crippen LogP contribution is -2.44. The molecule has 3 aromatic carbocycles. The molecule has 0 spiro atoms. The van der Waals surface area contributed by atoms with Crippen LogP contribution in [0.5, 0.6) is 0 Å². The average Bonchev–Trinajstić information content (AvgIpc) is 2.75. The zero-order valence-corrected chi connectivity index (χ0v) is 16.2. The number of nitrogens with one attached hydrogen (secondary N) is 1. The van der Waals surface area contributed by atoms with E-state index in [9.17, 15) is 9.90 Å². The van der Waals surface area contributed by atoms with Crippen molar-refractivity contribution in [2.75, 3.05) is 20.6 Å². The molecule has 2 N–H and O–H groups in total. The smallest absolute Gasteiger partial charge is 0.316 e. The van der Waals surface area contributed by atoms with Crippen molar-refractivity contribution in [2.45, 2.75) is 11.5 Å². The number of urea groups is 1. The Labute approximate surface area is 166 Å². The minimum atomic E-state index is -1.30. The quantitative estimate of drug-likeness (QED) is 0.686. The standard InChI is InChI=1S/C24H26N2O2/c1-26(2)23(27)25-18-22(19-12-6-3-7-13-19)24(28,20-14-8-4-9-15-20)21-16-10-5-11-17-21/h3-17,22,28H,18H2,1-2H3,(H,25,27). The Hall–Kier alpha value is -3.11. The summed E-state index contributed by atoms with van der Waals surface area (Å²) in [5, 5.41) is 15.1. The lowest BCUT2D eigenvalue weighted by Gasteiger charge is -2.38. The zero-order valence-electron chi connectivity index (χ0n) is 16.2. The maximum absolute atomic E-state index is 12.2. The van der Waals surface area contributed by atoms with E-state index >= 15 is 0 Å². The van der Waals surface area contributed by atoms with Gasteiger partial charge in [0.1, 0.15) is 5.60 Å². The number of benzene rings is 3. The highest BCUT2D eigenvalue weighted by Crippen LogP contribution is 2.42. The number of hydrogen-bond donors (Lipinski definition) is 2. The summed E-state index contributed by atoms with van der Waals surface area (Å²) >= 11 is 0. The summed E-state index contributed by atoms with van der Waals surface area (Å²) in [5.41, 5.74) is 1.23. The number of hydrogen-bond acceptors (Lipinski definition) is 2. The number of nitrogens with zero attached hydrogens (tertiary/aromatic N) is 1. The van der Waals surface area contributed by atoms with Gasteiger partial charge in [-0.2, -0.15) is 0 Å². The molecule has 3 rings (SSSR count). The van der Waals surface area contributed by atoms with Crippen LogP contribution in [0.4, 0.5) is 4.79 Å². The molecule has 0 aliphatic carbocycles. The molecule has 3 aromatic rings. The maximum atomic E-state index is 12.2. The van der Waals surface area contributed by atoms with Crippen molar-refractivity contribution in [1.82, 2.24) is 10.2 Å². The zero-order chi connectivity index (χ0) is 20.0. The predicted molar refractivity (Wildman–Crippen MR) is 112 cm³/mol. The van der Waals surface area contributed by atoms with Gasteiger partial charge in [0, 0.05) is 26.6 Å². The lowest BCUT2D eigenvalue weighted by molar-refractivity contribution is 0.0495. The van der Waals surface area contributed by atoms with E-state index in [4.69, 9.17) is 0 Å². The first-order valence-corrected chi connectivity index (χ1v) is 9.37. The summed E-state index contributed by atoms with van der Waals surface area (Å²) < 4.78 is 0. The summed E-state index contributed by atoms with van der Waals surface area (Å²) in [6.07, 6.45) is 0. The van der Waals surface area contributed by atoms with Crippen molar-refractivity contribution in [1.29, 1.82) is 0 Å². The molecule has 0 aromatic heterocycles. The molecule has 4 heteroatoms. The van der Waals surface area contributed by atoms with Crippen molar-refractivity contribution in [3.63, 3.8) is 0 Å². The molecular weight excluding hydrogens is 348 g/mol. The number of carbonyl (C=O) groups is 1. The van der Waals surface area contributed by atoms with Crippen LogP contribution in [0, 0.1) is 0 Å². The van der Waals surface area contributed by atoms with Crippen molar-refractivity contribution in [2.24, 2.45) is 0 Å². The topological polar surface area (TPSA) is 52.6 Å². The third-order valence-corrected chi connectivity index (χ3v) is 5.00. The molecule has 2 amide bonds. The monoisotopic (exact) mass is 374 g/mol. The second kappa shape index (κ2) is 8.72. The summed E-state index contributed by atoms with van der Waals surface area (Å²) in [6.45, 7) is 0.293. The minimum absolute atomic E-state index is 0.190. The molecule has 0 bridgehead atoms. The Balaban J connectivity index is 2.12. The molecule has 1 atom stereocenters. The summed E-state index contributed by atoms with van der Waals surface area (Å²) in [4.78, 5) is 13.7. The van der Waals surface area contributed by atoms with Gasteiger partial charge < -0.3 is 15.3 Å². The summed E-state index contributed by atoms with van der Waals surface area (Å²) in [6, 6.07) is 28.9. The molecule has 28 heavy (non-hydrogen) atoms. The van der Waals surface area contributed by atoms with E-state index in [1.54, 1.807) is 14.1 Å². The normalized spacial score (nSPS) is 12.2. The fourth-order valence-electron chi connectivity index (χ4n) is 3.49. The van der Waals surface area contributed by atoms with Gasteiger partial charge in [-0.25, -0.2) is 4.79 Å². The molecule has 4 nitrogen and oxygen atoms in total. The van der Waals surface area contributed by atoms with Crippen LogP contribution in [0.2, 0.25) is 0 Å². The van der Waals surface area contributed by atoms with E-state index in [0.29, 0.717) is 6.54 Å². The Bertz CT molecular complexity index is 841. The third kappa shape index (κ3) is 4.07. The van der Waals surface area contributed by atoms with Gasteiger partial charge in [-0.05, 0) is 16.7 Å². The third-order valence-electron chi connectivity index (χ3n) is 5.00. The van der Waals surface area contributed by atoms with E-state index in [1.165, 1.54) is 4.90 Å². The van der Waals surface area contributed by atoms with E-state index in [0.717, 1.165) is 16.7 Å². The van der Waals surface area contributed by atoms with Gasteiger partial charge in [0.15, 0.2) is 0 Å². The first-order valence-electron chi connectivity index (χ1n) is 9.37. The predicted octanol–water partition coefficient (Wildman–Crippen LogP) is 3.98. The first-order chi connectivity index (χ1) is 13.5. The number of aliphatic hydroxyl groups is 1. The highest BCUT2D eigenvalue weighted by Gasteiger charge is 2.41. The van der Waals surface area contributed by atoms with Gasteiger partial charge >= 0.3 is 6.03 Å².